The van der Waals surface area contributed by atoms with Gasteiger partial charge in [-0.2, -0.15) is 0 Å². The molecule has 0 amide bonds. The molecule has 0 aromatic heterocycles. The third kappa shape index (κ3) is 2.70. The fraction of sp³-hybridized carbons (Fsp3) is 0.562. The van der Waals surface area contributed by atoms with Crippen LogP contribution in [0, 0.1) is 11.8 Å². The fourth-order valence-electron chi connectivity index (χ4n) is 3.70. The Kier molecular flexibility index (Phi) is 3.99. The molecule has 0 saturated heterocycles. The maximum absolute atomic E-state index is 11.2. The molecule has 3 rings (SSSR count). The topological polar surface area (TPSA) is 49.3 Å². The number of benzene rings is 1. The van der Waals surface area contributed by atoms with E-state index in [-0.39, 0.29) is 11.8 Å². The van der Waals surface area contributed by atoms with Crippen LogP contribution in [0.25, 0.3) is 0 Å². The molecule has 2 aliphatic carbocycles. The van der Waals surface area contributed by atoms with E-state index < -0.39 is 5.97 Å². The summed E-state index contributed by atoms with van der Waals surface area (Å²) < 4.78 is 0. The van der Waals surface area contributed by atoms with Gasteiger partial charge in [0.1, 0.15) is 0 Å². The Morgan fingerprint density at radius 1 is 1.35 bits per heavy atom. The quantitative estimate of drug-likeness (QED) is 0.894. The molecule has 3 nitrogen and oxygen atoms in total. The Labute approximate surface area is 124 Å². The third-order valence-electron chi connectivity index (χ3n) is 4.79. The van der Waals surface area contributed by atoms with Crippen molar-refractivity contribution in [2.45, 2.75) is 38.1 Å². The van der Waals surface area contributed by atoms with Gasteiger partial charge in [0, 0.05) is 11.1 Å². The highest BCUT2D eigenvalue weighted by Gasteiger charge is 2.33. The SMILES string of the molecule is O=C(O)C1CCCC1CNC1CCc2cc(Cl)ccc21. The number of rotatable bonds is 4. The lowest BCUT2D eigenvalue weighted by Crippen LogP contribution is -2.30. The minimum absolute atomic E-state index is 0.159. The second-order valence-electron chi connectivity index (χ2n) is 5.98. The normalized spacial score (nSPS) is 28.6. The molecule has 0 spiro atoms. The average molecular weight is 294 g/mol. The molecule has 1 aromatic carbocycles. The summed E-state index contributed by atoms with van der Waals surface area (Å²) in [7, 11) is 0. The molecule has 0 radical (unpaired) electrons. The zero-order valence-electron chi connectivity index (χ0n) is 11.4. The molecule has 1 saturated carbocycles. The summed E-state index contributed by atoms with van der Waals surface area (Å²) in [5.74, 6) is -0.509. The minimum atomic E-state index is -0.632. The predicted octanol–water partition coefficient (Wildman–Crippen LogP) is 3.42. The molecule has 20 heavy (non-hydrogen) atoms. The van der Waals surface area contributed by atoms with Gasteiger partial charge < -0.3 is 10.4 Å². The van der Waals surface area contributed by atoms with Crippen LogP contribution in [0.4, 0.5) is 0 Å². The summed E-state index contributed by atoms with van der Waals surface area (Å²) in [5.41, 5.74) is 2.66. The monoisotopic (exact) mass is 293 g/mol. The van der Waals surface area contributed by atoms with E-state index in [1.807, 2.05) is 12.1 Å². The van der Waals surface area contributed by atoms with E-state index in [1.54, 1.807) is 0 Å². The molecule has 0 heterocycles. The van der Waals surface area contributed by atoms with Crippen molar-refractivity contribution in [3.63, 3.8) is 0 Å². The zero-order valence-corrected chi connectivity index (χ0v) is 12.2. The van der Waals surface area contributed by atoms with Crippen LogP contribution in [0.2, 0.25) is 5.02 Å². The van der Waals surface area contributed by atoms with Gasteiger partial charge in [-0.3, -0.25) is 4.79 Å². The summed E-state index contributed by atoms with van der Waals surface area (Å²) in [4.78, 5) is 11.2. The number of hydrogen-bond acceptors (Lipinski definition) is 2. The zero-order chi connectivity index (χ0) is 14.1. The Bertz CT molecular complexity index is 517. The summed E-state index contributed by atoms with van der Waals surface area (Å²) in [6.07, 6.45) is 5.05. The fourth-order valence-corrected chi connectivity index (χ4v) is 3.89. The van der Waals surface area contributed by atoms with E-state index in [2.05, 4.69) is 11.4 Å². The Morgan fingerprint density at radius 3 is 3.00 bits per heavy atom. The van der Waals surface area contributed by atoms with Crippen molar-refractivity contribution in [1.29, 1.82) is 0 Å². The van der Waals surface area contributed by atoms with Gasteiger partial charge in [0.2, 0.25) is 0 Å². The van der Waals surface area contributed by atoms with Crippen LogP contribution < -0.4 is 5.32 Å². The van der Waals surface area contributed by atoms with E-state index in [0.29, 0.717) is 6.04 Å². The molecule has 1 fully saturated rings. The molecular weight excluding hydrogens is 274 g/mol. The number of carboxylic acids is 1. The molecule has 108 valence electrons. The molecule has 2 aliphatic rings. The van der Waals surface area contributed by atoms with Crippen molar-refractivity contribution in [3.05, 3.63) is 34.3 Å². The lowest BCUT2D eigenvalue weighted by Gasteiger charge is -2.20. The first-order valence-electron chi connectivity index (χ1n) is 7.39. The second-order valence-corrected chi connectivity index (χ2v) is 6.41. The maximum atomic E-state index is 11.2. The Hall–Kier alpha value is -1.06. The van der Waals surface area contributed by atoms with E-state index in [9.17, 15) is 9.90 Å². The lowest BCUT2D eigenvalue weighted by molar-refractivity contribution is -0.142. The number of halogens is 1. The first kappa shape index (κ1) is 13.9. The van der Waals surface area contributed by atoms with Gasteiger partial charge in [0.15, 0.2) is 0 Å². The molecular formula is C16H20ClNO2. The highest BCUT2D eigenvalue weighted by molar-refractivity contribution is 6.30. The predicted molar refractivity (Wildman–Crippen MR) is 79.0 cm³/mol. The summed E-state index contributed by atoms with van der Waals surface area (Å²) >= 11 is 6.02. The molecule has 0 aliphatic heterocycles. The highest BCUT2D eigenvalue weighted by Crippen LogP contribution is 2.35. The van der Waals surface area contributed by atoms with E-state index in [4.69, 9.17) is 11.6 Å². The van der Waals surface area contributed by atoms with Crippen molar-refractivity contribution in [2.75, 3.05) is 6.54 Å². The number of carbonyl (C=O) groups is 1. The second kappa shape index (κ2) is 5.74. The lowest BCUT2D eigenvalue weighted by atomic mass is 9.95. The average Bonchev–Trinajstić information content (AvgIpc) is 3.01. The van der Waals surface area contributed by atoms with Crippen molar-refractivity contribution >= 4 is 17.6 Å². The molecule has 0 bridgehead atoms. The summed E-state index contributed by atoms with van der Waals surface area (Å²) in [6.45, 7) is 0.809. The van der Waals surface area contributed by atoms with Crippen molar-refractivity contribution < 1.29 is 9.90 Å². The third-order valence-corrected chi connectivity index (χ3v) is 5.02. The standard InChI is InChI=1S/C16H20ClNO2/c17-12-5-6-13-10(8-12)4-7-15(13)18-9-11-2-1-3-14(11)16(19)20/h5-6,8,11,14-15,18H,1-4,7,9H2,(H,19,20). The van der Waals surface area contributed by atoms with Gasteiger partial charge >= 0.3 is 5.97 Å². The van der Waals surface area contributed by atoms with Crippen molar-refractivity contribution in [2.24, 2.45) is 11.8 Å². The van der Waals surface area contributed by atoms with Crippen LogP contribution in [-0.4, -0.2) is 17.6 Å². The molecule has 2 N–H and O–H groups in total. The Morgan fingerprint density at radius 2 is 2.20 bits per heavy atom. The summed E-state index contributed by atoms with van der Waals surface area (Å²) in [6, 6.07) is 6.45. The molecule has 3 unspecified atom stereocenters. The first-order chi connectivity index (χ1) is 9.65. The van der Waals surface area contributed by atoms with Crippen LogP contribution in [0.5, 0.6) is 0 Å². The molecule has 1 aromatic rings. The van der Waals surface area contributed by atoms with Crippen molar-refractivity contribution in [3.8, 4) is 0 Å². The van der Waals surface area contributed by atoms with E-state index in [1.165, 1.54) is 11.1 Å². The number of carboxylic acid groups (broad SMARTS) is 1. The van der Waals surface area contributed by atoms with Gasteiger partial charge in [-0.25, -0.2) is 0 Å². The van der Waals surface area contributed by atoms with Crippen LogP contribution in [0.3, 0.4) is 0 Å². The number of aryl methyl sites for hydroxylation is 1. The van der Waals surface area contributed by atoms with Crippen LogP contribution in [0.1, 0.15) is 42.9 Å². The van der Waals surface area contributed by atoms with Gasteiger partial charge in [-0.1, -0.05) is 24.1 Å². The number of hydrogen-bond donors (Lipinski definition) is 2. The molecule has 4 heteroatoms. The van der Waals surface area contributed by atoms with Gasteiger partial charge in [0.05, 0.1) is 5.92 Å². The van der Waals surface area contributed by atoms with Gasteiger partial charge in [-0.15, -0.1) is 0 Å². The smallest absolute Gasteiger partial charge is 0.306 e. The first-order valence-corrected chi connectivity index (χ1v) is 7.77. The van der Waals surface area contributed by atoms with Gasteiger partial charge in [0.25, 0.3) is 0 Å². The number of nitrogens with one attached hydrogen (secondary N) is 1. The van der Waals surface area contributed by atoms with E-state index >= 15 is 0 Å². The van der Waals surface area contributed by atoms with Crippen LogP contribution in [0.15, 0.2) is 18.2 Å². The highest BCUT2D eigenvalue weighted by atomic mass is 35.5. The van der Waals surface area contributed by atoms with Gasteiger partial charge in [-0.05, 0) is 61.4 Å². The summed E-state index contributed by atoms with van der Waals surface area (Å²) in [5, 5.41) is 13.6. The maximum Gasteiger partial charge on any atom is 0.306 e. The molecule has 3 atom stereocenters. The van der Waals surface area contributed by atoms with Crippen LogP contribution in [-0.2, 0) is 11.2 Å². The Balaban J connectivity index is 1.62. The minimum Gasteiger partial charge on any atom is -0.481 e. The largest absolute Gasteiger partial charge is 0.481 e. The van der Waals surface area contributed by atoms with E-state index in [0.717, 1.165) is 43.7 Å². The van der Waals surface area contributed by atoms with Crippen molar-refractivity contribution in [1.82, 2.24) is 5.32 Å². The number of aliphatic carboxylic acids is 1. The van der Waals surface area contributed by atoms with Crippen LogP contribution >= 0.6 is 11.6 Å². The number of fused-ring (bicyclic) bond motifs is 1.